The molecule has 0 radical (unpaired) electrons. The van der Waals surface area contributed by atoms with E-state index in [1.807, 2.05) is 12.1 Å². The number of rotatable bonds is 4. The van der Waals surface area contributed by atoms with E-state index in [4.69, 9.17) is 10.7 Å². The van der Waals surface area contributed by atoms with Crippen LogP contribution >= 0.6 is 0 Å². The topological polar surface area (TPSA) is 133 Å². The minimum Gasteiger partial charge on any atom is -0.368 e. The summed E-state index contributed by atoms with van der Waals surface area (Å²) >= 11 is 0. The van der Waals surface area contributed by atoms with Gasteiger partial charge < -0.3 is 20.4 Å². The molecule has 198 valence electrons. The van der Waals surface area contributed by atoms with Crippen molar-refractivity contribution in [1.29, 1.82) is 5.26 Å². The number of aromatic nitrogens is 3. The summed E-state index contributed by atoms with van der Waals surface area (Å²) in [6.07, 6.45) is 1.81. The molecule has 1 aromatic carbocycles. The SMILES string of the molecule is CC(=O)N1CCN(C(=O)c2cc(N3CCC[C@@H](N)C3)c3c(n2)n(C)c(=O)n3Cc2ccccc2C#N)CC1. The van der Waals surface area contributed by atoms with E-state index < -0.39 is 0 Å². The summed E-state index contributed by atoms with van der Waals surface area (Å²) in [5.41, 5.74) is 9.30. The van der Waals surface area contributed by atoms with E-state index in [2.05, 4.69) is 11.0 Å². The minimum atomic E-state index is -0.275. The predicted molar refractivity (Wildman–Crippen MR) is 143 cm³/mol. The third-order valence-corrected chi connectivity index (χ3v) is 7.56. The third kappa shape index (κ3) is 4.63. The summed E-state index contributed by atoms with van der Waals surface area (Å²) in [5, 5.41) is 9.60. The van der Waals surface area contributed by atoms with E-state index in [1.165, 1.54) is 11.5 Å². The molecule has 2 fully saturated rings. The van der Waals surface area contributed by atoms with Crippen molar-refractivity contribution >= 4 is 28.7 Å². The number of carbonyl (C=O) groups excluding carboxylic acids is 2. The number of fused-ring (bicyclic) bond motifs is 1. The molecule has 0 unspecified atom stereocenters. The number of imidazole rings is 1. The van der Waals surface area contributed by atoms with Crippen molar-refractivity contribution in [2.45, 2.75) is 32.4 Å². The molecule has 2 aliphatic rings. The lowest BCUT2D eigenvalue weighted by Gasteiger charge is -2.35. The minimum absolute atomic E-state index is 0.00493. The van der Waals surface area contributed by atoms with Crippen LogP contribution in [0.15, 0.2) is 35.1 Å². The number of hydrogen-bond donors (Lipinski definition) is 1. The molecule has 11 nitrogen and oxygen atoms in total. The molecule has 2 amide bonds. The van der Waals surface area contributed by atoms with Crippen molar-refractivity contribution in [2.75, 3.05) is 44.2 Å². The summed E-state index contributed by atoms with van der Waals surface area (Å²) in [6.45, 7) is 4.88. The highest BCUT2D eigenvalue weighted by Gasteiger charge is 2.29. The number of piperazine rings is 1. The normalized spacial score (nSPS) is 18.1. The van der Waals surface area contributed by atoms with Gasteiger partial charge in [-0.05, 0) is 30.5 Å². The lowest BCUT2D eigenvalue weighted by molar-refractivity contribution is -0.130. The van der Waals surface area contributed by atoms with Crippen LogP contribution in [-0.4, -0.2) is 81.0 Å². The summed E-state index contributed by atoms with van der Waals surface area (Å²) in [5.74, 6) is -0.234. The Bertz CT molecular complexity index is 1490. The molecule has 4 heterocycles. The van der Waals surface area contributed by atoms with Gasteiger partial charge in [0.15, 0.2) is 5.65 Å². The number of benzene rings is 1. The Balaban J connectivity index is 1.61. The first-order valence-electron chi connectivity index (χ1n) is 12.9. The lowest BCUT2D eigenvalue weighted by Crippen LogP contribution is -2.50. The van der Waals surface area contributed by atoms with Crippen molar-refractivity contribution < 1.29 is 9.59 Å². The highest BCUT2D eigenvalue weighted by molar-refractivity contribution is 5.98. The molecule has 0 aliphatic carbocycles. The molecule has 0 saturated carbocycles. The van der Waals surface area contributed by atoms with Gasteiger partial charge in [0.25, 0.3) is 5.91 Å². The third-order valence-electron chi connectivity index (χ3n) is 7.56. The molecule has 2 N–H and O–H groups in total. The number of nitrogens with two attached hydrogens (primary N) is 1. The lowest BCUT2D eigenvalue weighted by atomic mass is 10.1. The number of piperidine rings is 1. The van der Waals surface area contributed by atoms with Crippen molar-refractivity contribution in [3.63, 3.8) is 0 Å². The molecule has 3 aromatic rings. The van der Waals surface area contributed by atoms with Crippen LogP contribution in [0.2, 0.25) is 0 Å². The summed E-state index contributed by atoms with van der Waals surface area (Å²) in [6, 6.07) is 11.2. The maximum Gasteiger partial charge on any atom is 0.330 e. The molecule has 0 spiro atoms. The molecule has 11 heteroatoms. The van der Waals surface area contributed by atoms with E-state index in [0.29, 0.717) is 49.5 Å². The van der Waals surface area contributed by atoms with Gasteiger partial charge in [-0.25, -0.2) is 9.78 Å². The van der Waals surface area contributed by atoms with Crippen LogP contribution in [0, 0.1) is 11.3 Å². The Morgan fingerprint density at radius 3 is 2.53 bits per heavy atom. The van der Waals surface area contributed by atoms with E-state index in [-0.39, 0.29) is 35.8 Å². The zero-order chi connectivity index (χ0) is 27.0. The van der Waals surface area contributed by atoms with E-state index in [0.717, 1.165) is 30.6 Å². The van der Waals surface area contributed by atoms with Gasteiger partial charge in [0.05, 0.1) is 23.9 Å². The van der Waals surface area contributed by atoms with Gasteiger partial charge in [-0.3, -0.25) is 18.7 Å². The number of pyridine rings is 1. The van der Waals surface area contributed by atoms with E-state index in [9.17, 15) is 19.6 Å². The Kier molecular flexibility index (Phi) is 6.91. The highest BCUT2D eigenvalue weighted by Crippen LogP contribution is 2.30. The van der Waals surface area contributed by atoms with Crippen molar-refractivity contribution in [2.24, 2.45) is 12.8 Å². The van der Waals surface area contributed by atoms with Crippen LogP contribution < -0.4 is 16.3 Å². The summed E-state index contributed by atoms with van der Waals surface area (Å²) < 4.78 is 3.09. The van der Waals surface area contributed by atoms with Gasteiger partial charge in [0.1, 0.15) is 11.2 Å². The Hall–Kier alpha value is -4.17. The second-order valence-electron chi connectivity index (χ2n) is 10.0. The van der Waals surface area contributed by atoms with Crippen molar-refractivity contribution in [1.82, 2.24) is 23.9 Å². The first-order chi connectivity index (χ1) is 18.3. The van der Waals surface area contributed by atoms with Gasteiger partial charge in [-0.1, -0.05) is 18.2 Å². The van der Waals surface area contributed by atoms with Crippen LogP contribution in [0.4, 0.5) is 5.69 Å². The van der Waals surface area contributed by atoms with Gasteiger partial charge >= 0.3 is 5.69 Å². The molecule has 2 saturated heterocycles. The zero-order valence-corrected chi connectivity index (χ0v) is 21.8. The Morgan fingerprint density at radius 2 is 1.84 bits per heavy atom. The van der Waals surface area contributed by atoms with Crippen LogP contribution in [0.1, 0.15) is 41.4 Å². The van der Waals surface area contributed by atoms with Crippen LogP contribution in [0.5, 0.6) is 0 Å². The van der Waals surface area contributed by atoms with Crippen LogP contribution in [0.3, 0.4) is 0 Å². The average Bonchev–Trinajstić information content (AvgIpc) is 3.17. The maximum atomic E-state index is 13.6. The molecular formula is C27H32N8O3. The fourth-order valence-electron chi connectivity index (χ4n) is 5.42. The number of anilines is 1. The summed E-state index contributed by atoms with van der Waals surface area (Å²) in [7, 11) is 1.65. The average molecular weight is 517 g/mol. The first-order valence-corrected chi connectivity index (χ1v) is 12.9. The highest BCUT2D eigenvalue weighted by atomic mass is 16.2. The van der Waals surface area contributed by atoms with Crippen molar-refractivity contribution in [3.8, 4) is 6.07 Å². The zero-order valence-electron chi connectivity index (χ0n) is 21.8. The number of nitriles is 1. The van der Waals surface area contributed by atoms with Gasteiger partial charge in [0.2, 0.25) is 5.91 Å². The Labute approximate surface area is 220 Å². The molecule has 1 atom stereocenters. The number of amides is 2. The fourth-order valence-corrected chi connectivity index (χ4v) is 5.42. The van der Waals surface area contributed by atoms with E-state index >= 15 is 0 Å². The van der Waals surface area contributed by atoms with Gasteiger partial charge in [-0.2, -0.15) is 5.26 Å². The molecule has 5 rings (SSSR count). The second-order valence-corrected chi connectivity index (χ2v) is 10.0. The molecule has 38 heavy (non-hydrogen) atoms. The van der Waals surface area contributed by atoms with Crippen LogP contribution in [-0.2, 0) is 18.4 Å². The number of nitrogens with zero attached hydrogens (tertiary/aromatic N) is 7. The fraction of sp³-hybridized carbons (Fsp3) is 0.444. The number of aryl methyl sites for hydroxylation is 1. The van der Waals surface area contributed by atoms with Gasteiger partial charge in [-0.15, -0.1) is 0 Å². The van der Waals surface area contributed by atoms with E-state index in [1.54, 1.807) is 39.6 Å². The molecule has 2 aliphatic heterocycles. The maximum absolute atomic E-state index is 13.6. The standard InChI is InChI=1S/C27H32N8O3/c1-18(36)32-10-12-33(13-11-32)26(37)22-14-23(34-9-5-8-21(29)17-34)24-25(30-22)31(2)27(38)35(24)16-20-7-4-3-6-19(20)15-28/h3-4,6-7,14,21H,5,8-13,16-17,29H2,1-2H3/t21-/m1/s1. The number of hydrogen-bond acceptors (Lipinski definition) is 7. The smallest absolute Gasteiger partial charge is 0.330 e. The monoisotopic (exact) mass is 516 g/mol. The molecule has 2 aromatic heterocycles. The summed E-state index contributed by atoms with van der Waals surface area (Å²) in [4.78, 5) is 49.1. The number of carbonyl (C=O) groups is 2. The van der Waals surface area contributed by atoms with Gasteiger partial charge in [0, 0.05) is 59.3 Å². The quantitative estimate of drug-likeness (QED) is 0.544. The first kappa shape index (κ1) is 25.5. The van der Waals surface area contributed by atoms with Crippen molar-refractivity contribution in [3.05, 3.63) is 57.6 Å². The predicted octanol–water partition coefficient (Wildman–Crippen LogP) is 0.887. The second kappa shape index (κ2) is 10.3. The molecular weight excluding hydrogens is 484 g/mol. The van der Waals surface area contributed by atoms with Crippen LogP contribution in [0.25, 0.3) is 11.2 Å². The largest absolute Gasteiger partial charge is 0.368 e. The molecule has 0 bridgehead atoms. The Morgan fingerprint density at radius 1 is 1.13 bits per heavy atom.